The highest BCUT2D eigenvalue weighted by Gasteiger charge is 2.21. The number of nitrogens with zero attached hydrogens (tertiary/aromatic N) is 4. The van der Waals surface area contributed by atoms with Gasteiger partial charge in [-0.25, -0.2) is 15.0 Å². The smallest absolute Gasteiger partial charge is 0.166 e. The second kappa shape index (κ2) is 14.0. The van der Waals surface area contributed by atoms with E-state index >= 15 is 0 Å². The quantitative estimate of drug-likeness (QED) is 0.168. The number of rotatable bonds is 6. The Morgan fingerprint density at radius 1 is 0.400 bits per heavy atom. The van der Waals surface area contributed by atoms with Crippen LogP contribution in [0.4, 0.5) is 0 Å². The zero-order valence-electron chi connectivity index (χ0n) is 39.7. The van der Waals surface area contributed by atoms with Crippen molar-refractivity contribution in [2.75, 3.05) is 0 Å². The summed E-state index contributed by atoms with van der Waals surface area (Å²) < 4.78 is 75.8. The molecule has 0 spiro atoms. The summed E-state index contributed by atoms with van der Waals surface area (Å²) >= 11 is 1.77. The van der Waals surface area contributed by atoms with Gasteiger partial charge >= 0.3 is 0 Å². The van der Waals surface area contributed by atoms with Gasteiger partial charge in [0.15, 0.2) is 17.5 Å². The van der Waals surface area contributed by atoms with Gasteiger partial charge in [-0.1, -0.05) is 170 Å². The molecule has 3 heterocycles. The van der Waals surface area contributed by atoms with E-state index in [4.69, 9.17) is 23.2 Å². The van der Waals surface area contributed by atoms with E-state index in [9.17, 15) is 2.74 Å². The highest BCUT2D eigenvalue weighted by atomic mass is 32.1. The van der Waals surface area contributed by atoms with Crippen LogP contribution in [0.3, 0.4) is 0 Å². The molecule has 0 fully saturated rings. The van der Waals surface area contributed by atoms with Crippen molar-refractivity contribution in [3.05, 3.63) is 206 Å². The second-order valence-electron chi connectivity index (χ2n) is 14.6. The Kier molecular flexibility index (Phi) is 6.30. The SMILES string of the molecule is [2H]c1c([2H])c([2H])c2c(c1[2H])c1c([2H])c([2H])c([2H])c([2H])c1n2-c1cc(-c2ccccc2)ccc1-c1nc(-c2ccc(-c3cccc4c3sc3ccccc34)cc2)nc(-c2ccc3ccccc3c2)n1. The molecule has 4 nitrogen and oxygen atoms in total. The molecule has 5 heteroatoms. The van der Waals surface area contributed by atoms with E-state index in [2.05, 4.69) is 54.6 Å². The maximum absolute atomic E-state index is 9.33. The number of hydrogen-bond donors (Lipinski definition) is 0. The molecule has 60 heavy (non-hydrogen) atoms. The summed E-state index contributed by atoms with van der Waals surface area (Å²) in [5.74, 6) is 1.01. The van der Waals surface area contributed by atoms with Crippen molar-refractivity contribution in [3.8, 4) is 62.1 Å². The summed E-state index contributed by atoms with van der Waals surface area (Å²) in [5, 5.41) is 4.44. The van der Waals surface area contributed by atoms with Gasteiger partial charge in [0.25, 0.3) is 0 Å². The lowest BCUT2D eigenvalue weighted by molar-refractivity contribution is 1.07. The molecule has 12 aromatic rings. The fraction of sp³-hybridized carbons (Fsp3) is 0. The summed E-state index contributed by atoms with van der Waals surface area (Å²) in [7, 11) is 0. The number of aromatic nitrogens is 4. The predicted molar refractivity (Wildman–Crippen MR) is 252 cm³/mol. The first-order chi connectivity index (χ1) is 33.0. The summed E-state index contributed by atoms with van der Waals surface area (Å²) in [5.41, 5.74) is 5.99. The van der Waals surface area contributed by atoms with Crippen LogP contribution in [0.1, 0.15) is 11.0 Å². The third-order valence-corrected chi connectivity index (χ3v) is 12.3. The number of para-hydroxylation sites is 2. The summed E-state index contributed by atoms with van der Waals surface area (Å²) in [4.78, 5) is 15.5. The molecule has 280 valence electrons. The molecule has 0 saturated heterocycles. The van der Waals surface area contributed by atoms with Crippen molar-refractivity contribution >= 4 is 64.1 Å². The molecule has 12 rings (SSSR count). The van der Waals surface area contributed by atoms with E-state index < -0.39 is 48.3 Å². The Hall–Kier alpha value is -7.73. The lowest BCUT2D eigenvalue weighted by atomic mass is 10.0. The molecule has 0 aliphatic carbocycles. The van der Waals surface area contributed by atoms with Gasteiger partial charge in [-0.05, 0) is 69.4 Å². The monoisotopic (exact) mass is 790 g/mol. The zero-order valence-corrected chi connectivity index (χ0v) is 32.5. The highest BCUT2D eigenvalue weighted by Crippen LogP contribution is 2.41. The van der Waals surface area contributed by atoms with Gasteiger partial charge in [-0.2, -0.15) is 0 Å². The molecule has 0 unspecified atom stereocenters. The van der Waals surface area contributed by atoms with Gasteiger partial charge in [-0.3, -0.25) is 0 Å². The van der Waals surface area contributed by atoms with E-state index in [1.165, 1.54) is 24.7 Å². The van der Waals surface area contributed by atoms with E-state index in [1.807, 2.05) is 103 Å². The third kappa shape index (κ3) is 5.70. The molecule has 3 aromatic heterocycles. The largest absolute Gasteiger partial charge is 0.308 e. The van der Waals surface area contributed by atoms with Crippen molar-refractivity contribution < 1.29 is 11.0 Å². The first-order valence-electron chi connectivity index (χ1n) is 23.5. The van der Waals surface area contributed by atoms with Crippen LogP contribution in [0.25, 0.3) is 115 Å². The first kappa shape index (κ1) is 27.0. The van der Waals surface area contributed by atoms with Gasteiger partial charge in [-0.15, -0.1) is 11.3 Å². The van der Waals surface area contributed by atoms with Crippen molar-refractivity contribution in [2.45, 2.75) is 0 Å². The Bertz CT molecular complexity index is 4000. The van der Waals surface area contributed by atoms with Gasteiger partial charge in [0, 0.05) is 47.6 Å². The molecule has 0 aliphatic rings. The Morgan fingerprint density at radius 3 is 1.82 bits per heavy atom. The van der Waals surface area contributed by atoms with Gasteiger partial charge in [0.05, 0.1) is 27.7 Å². The molecule has 0 saturated carbocycles. The minimum Gasteiger partial charge on any atom is -0.308 e. The predicted octanol–water partition coefficient (Wildman–Crippen LogP) is 14.8. The molecule has 0 amide bonds. The van der Waals surface area contributed by atoms with E-state index in [0.717, 1.165) is 44.2 Å². The van der Waals surface area contributed by atoms with Crippen molar-refractivity contribution in [1.82, 2.24) is 19.5 Å². The minimum atomic E-state index is -0.513. The number of thiophene rings is 1. The molecular weight excluding hydrogens is 749 g/mol. The lowest BCUT2D eigenvalue weighted by Crippen LogP contribution is -2.04. The Labute approximate surface area is 361 Å². The van der Waals surface area contributed by atoms with Crippen molar-refractivity contribution in [1.29, 1.82) is 0 Å². The molecular formula is C55H34N4S. The summed E-state index contributed by atoms with van der Waals surface area (Å²) in [6.07, 6.45) is 0. The molecule has 0 aliphatic heterocycles. The maximum Gasteiger partial charge on any atom is 0.166 e. The molecule has 0 atom stereocenters. The van der Waals surface area contributed by atoms with Crippen LogP contribution in [0, 0.1) is 0 Å². The third-order valence-electron chi connectivity index (χ3n) is 11.1. The van der Waals surface area contributed by atoms with E-state index in [0.29, 0.717) is 22.9 Å². The van der Waals surface area contributed by atoms with Crippen LogP contribution in [0.15, 0.2) is 206 Å². The van der Waals surface area contributed by atoms with Gasteiger partial charge in [0.2, 0.25) is 0 Å². The normalized spacial score (nSPS) is 13.5. The maximum atomic E-state index is 9.33. The average Bonchev–Trinajstić information content (AvgIpc) is 3.96. The standard InChI is InChI=1S/C55H34N4S/c1-2-13-35(14-3-1)40-31-32-47(50(34-40)59-48-22-9-6-17-43(48)44-18-7-10-23-49(44)59)55-57-53(56-54(58-55)41-30-25-36-15-4-5-16-39(36)33-41)38-28-26-37(27-29-38)42-20-12-21-46-45-19-8-11-24-51(45)60-52(42)46/h1-34H/i6D,7D,9D,10D,17D,18D,22D,23D. The number of fused-ring (bicyclic) bond motifs is 7. The van der Waals surface area contributed by atoms with Gasteiger partial charge in [0.1, 0.15) is 0 Å². The molecule has 9 aromatic carbocycles. The van der Waals surface area contributed by atoms with Crippen LogP contribution in [-0.4, -0.2) is 19.5 Å². The zero-order chi connectivity index (χ0) is 46.5. The van der Waals surface area contributed by atoms with Gasteiger partial charge < -0.3 is 4.57 Å². The molecule has 0 bridgehead atoms. The lowest BCUT2D eigenvalue weighted by Gasteiger charge is -2.16. The fourth-order valence-electron chi connectivity index (χ4n) is 8.23. The van der Waals surface area contributed by atoms with Crippen LogP contribution in [-0.2, 0) is 0 Å². The molecule has 0 radical (unpaired) electrons. The number of benzene rings is 9. The van der Waals surface area contributed by atoms with Crippen LogP contribution >= 0.6 is 11.3 Å². The highest BCUT2D eigenvalue weighted by molar-refractivity contribution is 7.26. The van der Waals surface area contributed by atoms with Crippen LogP contribution < -0.4 is 0 Å². The van der Waals surface area contributed by atoms with Crippen molar-refractivity contribution in [3.63, 3.8) is 0 Å². The summed E-state index contributed by atoms with van der Waals surface area (Å²) in [6, 6.07) is 48.7. The topological polar surface area (TPSA) is 43.6 Å². The van der Waals surface area contributed by atoms with E-state index in [-0.39, 0.29) is 27.6 Å². The minimum absolute atomic E-state index is 0.00209. The van der Waals surface area contributed by atoms with Crippen LogP contribution in [0.5, 0.6) is 0 Å². The average molecular weight is 791 g/mol. The molecule has 0 N–H and O–H groups in total. The Morgan fingerprint density at radius 2 is 1.02 bits per heavy atom. The summed E-state index contributed by atoms with van der Waals surface area (Å²) in [6.45, 7) is 0. The Balaban J connectivity index is 1.13. The number of hydrogen-bond acceptors (Lipinski definition) is 4. The van der Waals surface area contributed by atoms with Crippen LogP contribution in [0.2, 0.25) is 0 Å². The second-order valence-corrected chi connectivity index (χ2v) is 15.7. The van der Waals surface area contributed by atoms with Crippen molar-refractivity contribution in [2.24, 2.45) is 0 Å². The van der Waals surface area contributed by atoms with E-state index in [1.54, 1.807) is 11.3 Å². The fourth-order valence-corrected chi connectivity index (χ4v) is 9.47. The first-order valence-corrected chi connectivity index (χ1v) is 20.3.